The summed E-state index contributed by atoms with van der Waals surface area (Å²) >= 11 is 0. The number of imidazole rings is 1. The van der Waals surface area contributed by atoms with Crippen LogP contribution >= 0.6 is 0 Å². The molecule has 0 aromatic carbocycles. The Labute approximate surface area is 155 Å². The van der Waals surface area contributed by atoms with Crippen LogP contribution in [0, 0.1) is 5.41 Å². The molecular weight excluding hydrogens is 330 g/mol. The Kier molecular flexibility index (Phi) is 5.29. The molecule has 3 fully saturated rings. The van der Waals surface area contributed by atoms with Gasteiger partial charge in [-0.3, -0.25) is 9.69 Å². The van der Waals surface area contributed by atoms with Crippen molar-refractivity contribution in [3.8, 4) is 0 Å². The van der Waals surface area contributed by atoms with Crippen molar-refractivity contribution in [3.05, 3.63) is 18.2 Å². The van der Waals surface area contributed by atoms with Gasteiger partial charge in [0.05, 0.1) is 11.7 Å². The van der Waals surface area contributed by atoms with Crippen molar-refractivity contribution in [1.29, 1.82) is 0 Å². The third-order valence-corrected chi connectivity index (χ3v) is 6.51. The van der Waals surface area contributed by atoms with E-state index in [1.54, 1.807) is 6.33 Å². The monoisotopic (exact) mass is 361 g/mol. The molecule has 26 heavy (non-hydrogen) atoms. The molecule has 0 spiro atoms. The molecule has 0 bridgehead atoms. The maximum atomic E-state index is 13.5. The number of hydrogen-bond acceptors (Lipinski definition) is 5. The number of amides is 1. The first-order chi connectivity index (χ1) is 12.7. The predicted octanol–water partition coefficient (Wildman–Crippen LogP) is 0.991. The maximum absolute atomic E-state index is 13.5. The van der Waals surface area contributed by atoms with E-state index in [0.717, 1.165) is 77.2 Å². The van der Waals surface area contributed by atoms with Crippen LogP contribution in [0.2, 0.25) is 0 Å². The van der Waals surface area contributed by atoms with Gasteiger partial charge in [-0.05, 0) is 52.2 Å². The van der Waals surface area contributed by atoms with Crippen LogP contribution in [0.15, 0.2) is 12.5 Å². The van der Waals surface area contributed by atoms with Gasteiger partial charge in [0, 0.05) is 50.3 Å². The van der Waals surface area contributed by atoms with Crippen molar-refractivity contribution in [2.24, 2.45) is 5.41 Å². The molecule has 1 aromatic heterocycles. The number of aromatic amines is 1. The van der Waals surface area contributed by atoms with Crippen LogP contribution in [0.4, 0.5) is 0 Å². The fraction of sp³-hybridized carbons (Fsp3) is 0.789. The van der Waals surface area contributed by atoms with Crippen molar-refractivity contribution in [3.63, 3.8) is 0 Å². The van der Waals surface area contributed by atoms with E-state index in [1.807, 2.05) is 6.20 Å². The van der Waals surface area contributed by atoms with Gasteiger partial charge in [-0.15, -0.1) is 0 Å². The molecule has 0 saturated carbocycles. The number of piperidine rings is 2. The number of nitrogens with zero attached hydrogens (tertiary/aromatic N) is 3. The minimum atomic E-state index is -0.261. The topological polar surface area (TPSA) is 73.5 Å². The minimum absolute atomic E-state index is 0.261. The number of rotatable bonds is 4. The van der Waals surface area contributed by atoms with Gasteiger partial charge in [0.1, 0.15) is 0 Å². The van der Waals surface area contributed by atoms with Crippen LogP contribution in [0.1, 0.15) is 37.8 Å². The van der Waals surface area contributed by atoms with Gasteiger partial charge in [0.2, 0.25) is 5.91 Å². The Morgan fingerprint density at radius 3 is 3.00 bits per heavy atom. The molecule has 3 aliphatic heterocycles. The quantitative estimate of drug-likeness (QED) is 0.837. The fourth-order valence-corrected chi connectivity index (χ4v) is 4.96. The Bertz CT molecular complexity index is 601. The molecule has 1 aromatic rings. The first-order valence-electron chi connectivity index (χ1n) is 9.96. The summed E-state index contributed by atoms with van der Waals surface area (Å²) in [7, 11) is 2.17. The smallest absolute Gasteiger partial charge is 0.228 e. The molecule has 144 valence electrons. The zero-order chi connectivity index (χ0) is 18.0. The van der Waals surface area contributed by atoms with E-state index in [9.17, 15) is 4.79 Å². The van der Waals surface area contributed by atoms with E-state index >= 15 is 0 Å². The lowest BCUT2D eigenvalue weighted by molar-refractivity contribution is -0.146. The minimum Gasteiger partial charge on any atom is -0.381 e. The number of carbonyl (C=O) groups is 1. The van der Waals surface area contributed by atoms with Gasteiger partial charge >= 0.3 is 0 Å². The largest absolute Gasteiger partial charge is 0.381 e. The van der Waals surface area contributed by atoms with Gasteiger partial charge in [-0.2, -0.15) is 0 Å². The van der Waals surface area contributed by atoms with Crippen LogP contribution in [0.3, 0.4) is 0 Å². The predicted molar refractivity (Wildman–Crippen MR) is 98.6 cm³/mol. The van der Waals surface area contributed by atoms with E-state index in [0.29, 0.717) is 0 Å². The summed E-state index contributed by atoms with van der Waals surface area (Å²) < 4.78 is 5.45. The number of ether oxygens (including phenoxy) is 1. The summed E-state index contributed by atoms with van der Waals surface area (Å²) in [5.41, 5.74) is 0.863. The third-order valence-electron chi connectivity index (χ3n) is 6.51. The SMILES string of the molecule is CN1CC[C@]2(C(=O)NC3CCOCC3)CCCN(Cc3cnc[nH]3)[C@H]2C1. The molecule has 7 nitrogen and oxygen atoms in total. The van der Waals surface area contributed by atoms with E-state index < -0.39 is 0 Å². The van der Waals surface area contributed by atoms with Gasteiger partial charge in [-0.1, -0.05) is 0 Å². The highest BCUT2D eigenvalue weighted by Crippen LogP contribution is 2.43. The number of fused-ring (bicyclic) bond motifs is 1. The van der Waals surface area contributed by atoms with Crippen molar-refractivity contribution in [1.82, 2.24) is 25.1 Å². The summed E-state index contributed by atoms with van der Waals surface area (Å²) in [5, 5.41) is 3.39. The molecule has 3 aliphatic rings. The van der Waals surface area contributed by atoms with Crippen LogP contribution in [0.25, 0.3) is 0 Å². The number of nitrogens with one attached hydrogen (secondary N) is 2. The summed E-state index contributed by atoms with van der Waals surface area (Å²) in [6, 6.07) is 0.534. The van der Waals surface area contributed by atoms with Gasteiger partial charge in [-0.25, -0.2) is 4.98 Å². The van der Waals surface area contributed by atoms with E-state index in [-0.39, 0.29) is 23.4 Å². The number of hydrogen-bond donors (Lipinski definition) is 2. The molecule has 3 saturated heterocycles. The summed E-state index contributed by atoms with van der Waals surface area (Å²) in [5.74, 6) is 0.275. The standard InChI is InChI=1S/C19H31N5O2/c1-23-8-6-19(18(25)22-15-3-9-26-10-4-15)5-2-7-24(17(19)13-23)12-16-11-20-14-21-16/h11,14-15,17H,2-10,12-13H2,1H3,(H,20,21)(H,22,25)/t17-,19+/m0/s1. The van der Waals surface area contributed by atoms with E-state index in [2.05, 4.69) is 32.1 Å². The van der Waals surface area contributed by atoms with Crippen molar-refractivity contribution in [2.75, 3.05) is 39.9 Å². The maximum Gasteiger partial charge on any atom is 0.228 e. The number of likely N-dealkylation sites (tertiary alicyclic amines) is 2. The Balaban J connectivity index is 1.53. The molecule has 2 atom stereocenters. The van der Waals surface area contributed by atoms with Crippen molar-refractivity contribution >= 4 is 5.91 Å². The highest BCUT2D eigenvalue weighted by Gasteiger charge is 2.52. The normalized spacial score (nSPS) is 31.5. The molecule has 1 amide bonds. The van der Waals surface area contributed by atoms with Crippen LogP contribution in [-0.4, -0.2) is 77.7 Å². The van der Waals surface area contributed by atoms with Crippen molar-refractivity contribution < 1.29 is 9.53 Å². The zero-order valence-corrected chi connectivity index (χ0v) is 15.7. The van der Waals surface area contributed by atoms with E-state index in [4.69, 9.17) is 4.74 Å². The fourth-order valence-electron chi connectivity index (χ4n) is 4.96. The lowest BCUT2D eigenvalue weighted by Gasteiger charge is -2.53. The Morgan fingerprint density at radius 2 is 2.23 bits per heavy atom. The van der Waals surface area contributed by atoms with Crippen LogP contribution < -0.4 is 5.32 Å². The number of carbonyl (C=O) groups excluding carboxylic acids is 1. The van der Waals surface area contributed by atoms with Gasteiger partial charge in [0.25, 0.3) is 0 Å². The number of H-pyrrole nitrogens is 1. The molecule has 2 N–H and O–H groups in total. The van der Waals surface area contributed by atoms with Crippen LogP contribution in [-0.2, 0) is 16.1 Å². The van der Waals surface area contributed by atoms with E-state index in [1.165, 1.54) is 0 Å². The molecule has 4 heterocycles. The van der Waals surface area contributed by atoms with Crippen LogP contribution in [0.5, 0.6) is 0 Å². The average Bonchev–Trinajstić information content (AvgIpc) is 3.16. The lowest BCUT2D eigenvalue weighted by atomic mass is 9.67. The second-order valence-electron chi connectivity index (χ2n) is 8.20. The summed E-state index contributed by atoms with van der Waals surface area (Å²) in [6.45, 7) is 5.35. The highest BCUT2D eigenvalue weighted by molar-refractivity contribution is 5.84. The van der Waals surface area contributed by atoms with Crippen molar-refractivity contribution in [2.45, 2.75) is 50.7 Å². The number of likely N-dealkylation sites (N-methyl/N-ethyl adjacent to an activating group) is 1. The second-order valence-corrected chi connectivity index (χ2v) is 8.20. The first kappa shape index (κ1) is 17.9. The summed E-state index contributed by atoms with van der Waals surface area (Å²) in [4.78, 5) is 25.7. The second kappa shape index (κ2) is 7.66. The van der Waals surface area contributed by atoms with Gasteiger partial charge < -0.3 is 19.9 Å². The Morgan fingerprint density at radius 1 is 1.38 bits per heavy atom. The first-order valence-corrected chi connectivity index (χ1v) is 9.96. The lowest BCUT2D eigenvalue weighted by Crippen LogP contribution is -2.65. The summed E-state index contributed by atoms with van der Waals surface area (Å²) in [6.07, 6.45) is 8.52. The molecule has 4 rings (SSSR count). The number of aromatic nitrogens is 2. The molecule has 0 aliphatic carbocycles. The molecule has 7 heteroatoms. The molecular formula is C19H31N5O2. The van der Waals surface area contributed by atoms with Gasteiger partial charge in [0.15, 0.2) is 0 Å². The highest BCUT2D eigenvalue weighted by atomic mass is 16.5. The molecule has 0 unspecified atom stereocenters. The average molecular weight is 361 g/mol. The zero-order valence-electron chi connectivity index (χ0n) is 15.7. The molecule has 0 radical (unpaired) electrons. The Hall–Kier alpha value is -1.44. The third kappa shape index (κ3) is 3.52.